The van der Waals surface area contributed by atoms with Crippen molar-refractivity contribution >= 4 is 5.91 Å². The maximum atomic E-state index is 13.9. The van der Waals surface area contributed by atoms with Crippen LogP contribution in [0.3, 0.4) is 0 Å². The van der Waals surface area contributed by atoms with Gasteiger partial charge in [0.25, 0.3) is 5.91 Å². The van der Waals surface area contributed by atoms with Crippen molar-refractivity contribution in [1.82, 2.24) is 19.7 Å². The Morgan fingerprint density at radius 1 is 1.07 bits per heavy atom. The molecule has 1 aromatic carbocycles. The summed E-state index contributed by atoms with van der Waals surface area (Å²) in [6.45, 7) is 7.90. The second-order valence-corrected chi connectivity index (χ2v) is 8.39. The Balaban J connectivity index is 1.26. The highest BCUT2D eigenvalue weighted by molar-refractivity contribution is 5.92. The number of benzene rings is 1. The summed E-state index contributed by atoms with van der Waals surface area (Å²) < 4.78 is 32.5. The van der Waals surface area contributed by atoms with Gasteiger partial charge in [-0.05, 0) is 24.8 Å². The molecule has 0 spiro atoms. The van der Waals surface area contributed by atoms with E-state index in [0.717, 1.165) is 58.2 Å². The van der Waals surface area contributed by atoms with Crippen molar-refractivity contribution in [3.8, 4) is 0 Å². The highest BCUT2D eigenvalue weighted by Crippen LogP contribution is 2.19. The van der Waals surface area contributed by atoms with Gasteiger partial charge in [0.1, 0.15) is 17.9 Å². The molecular weight excluding hydrogens is 390 g/mol. The van der Waals surface area contributed by atoms with Gasteiger partial charge < -0.3 is 9.32 Å². The van der Waals surface area contributed by atoms with Crippen LogP contribution in [0.2, 0.25) is 0 Å². The van der Waals surface area contributed by atoms with Crippen molar-refractivity contribution in [2.75, 3.05) is 39.3 Å². The zero-order valence-electron chi connectivity index (χ0n) is 17.3. The largest absolute Gasteiger partial charge is 0.447 e. The number of carbonyl (C=O) groups is 1. The second-order valence-electron chi connectivity index (χ2n) is 8.39. The van der Waals surface area contributed by atoms with Crippen molar-refractivity contribution in [3.05, 3.63) is 53.2 Å². The van der Waals surface area contributed by atoms with E-state index in [4.69, 9.17) is 4.42 Å². The van der Waals surface area contributed by atoms with Crippen LogP contribution in [-0.4, -0.2) is 64.9 Å². The number of carbonyl (C=O) groups excluding carboxylic acids is 1. The summed E-state index contributed by atoms with van der Waals surface area (Å²) in [5.41, 5.74) is 0.887. The van der Waals surface area contributed by atoms with E-state index in [1.807, 2.05) is 4.90 Å². The molecule has 0 aliphatic carbocycles. The molecule has 2 aliphatic rings. The summed E-state index contributed by atoms with van der Waals surface area (Å²) in [6.07, 6.45) is 3.52. The van der Waals surface area contributed by atoms with E-state index in [2.05, 4.69) is 21.7 Å². The average molecular weight is 418 g/mol. The van der Waals surface area contributed by atoms with E-state index in [1.165, 1.54) is 18.4 Å². The van der Waals surface area contributed by atoms with Gasteiger partial charge in [0.15, 0.2) is 5.69 Å². The Bertz CT molecular complexity index is 872. The molecule has 0 radical (unpaired) electrons. The minimum absolute atomic E-state index is 0.0527. The number of likely N-dealkylation sites (tertiary alicyclic amines) is 1. The lowest BCUT2D eigenvalue weighted by Crippen LogP contribution is -2.45. The van der Waals surface area contributed by atoms with Crippen molar-refractivity contribution < 1.29 is 18.0 Å². The van der Waals surface area contributed by atoms with Gasteiger partial charge in [-0.25, -0.2) is 13.8 Å². The van der Waals surface area contributed by atoms with Gasteiger partial charge in [-0.15, -0.1) is 0 Å². The predicted molar refractivity (Wildman–Crippen MR) is 108 cm³/mol. The number of hydrogen-bond donors (Lipinski definition) is 0. The molecule has 1 amide bonds. The van der Waals surface area contributed by atoms with Crippen molar-refractivity contribution in [1.29, 1.82) is 0 Å². The molecule has 8 heteroatoms. The molecule has 2 saturated heterocycles. The Hall–Kier alpha value is -2.32. The fraction of sp³-hybridized carbons (Fsp3) is 0.545. The number of halogens is 2. The number of amides is 1. The summed E-state index contributed by atoms with van der Waals surface area (Å²) in [5, 5.41) is 0. The molecule has 2 aliphatic heterocycles. The monoisotopic (exact) mass is 418 g/mol. The van der Waals surface area contributed by atoms with Gasteiger partial charge in [-0.1, -0.05) is 13.0 Å². The van der Waals surface area contributed by atoms with Crippen LogP contribution in [0.1, 0.15) is 41.7 Å². The van der Waals surface area contributed by atoms with Crippen LogP contribution in [0.5, 0.6) is 0 Å². The average Bonchev–Trinajstić information content (AvgIpc) is 3.20. The smallest absolute Gasteiger partial charge is 0.275 e. The molecule has 162 valence electrons. The first-order valence-corrected chi connectivity index (χ1v) is 10.6. The Labute approximate surface area is 175 Å². The van der Waals surface area contributed by atoms with Gasteiger partial charge >= 0.3 is 0 Å². The van der Waals surface area contributed by atoms with E-state index in [9.17, 15) is 13.6 Å². The molecule has 0 saturated carbocycles. The van der Waals surface area contributed by atoms with E-state index in [1.54, 1.807) is 0 Å². The maximum Gasteiger partial charge on any atom is 0.275 e. The summed E-state index contributed by atoms with van der Waals surface area (Å²) >= 11 is 0. The van der Waals surface area contributed by atoms with E-state index < -0.39 is 11.6 Å². The van der Waals surface area contributed by atoms with E-state index in [0.29, 0.717) is 36.2 Å². The number of piperazine rings is 1. The second kappa shape index (κ2) is 9.22. The molecule has 3 heterocycles. The first-order valence-electron chi connectivity index (χ1n) is 10.6. The quantitative estimate of drug-likeness (QED) is 0.747. The number of piperidine rings is 1. The first kappa shape index (κ1) is 20.9. The number of oxazole rings is 1. The lowest BCUT2D eigenvalue weighted by atomic mass is 9.99. The highest BCUT2D eigenvalue weighted by Gasteiger charge is 2.25. The number of nitrogens with zero attached hydrogens (tertiary/aromatic N) is 4. The third-order valence-electron chi connectivity index (χ3n) is 6.07. The molecular formula is C22H28F2N4O2. The normalized spacial score (nSPS) is 19.4. The van der Waals surface area contributed by atoms with Crippen molar-refractivity contribution in [3.63, 3.8) is 0 Å². The van der Waals surface area contributed by atoms with Crippen molar-refractivity contribution in [2.45, 2.75) is 32.9 Å². The van der Waals surface area contributed by atoms with Crippen LogP contribution in [0.15, 0.2) is 28.9 Å². The standard InChI is InChI=1S/C22H28F2N4O2/c1-16-4-6-28(7-5-16)22(29)20-15-30-21(25-20)14-27-10-8-26(9-11-27)13-17-2-3-18(23)12-19(17)24/h2-3,12,15-16H,4-11,13-14H2,1H3. The molecule has 2 fully saturated rings. The third kappa shape index (κ3) is 5.05. The SMILES string of the molecule is CC1CCN(C(=O)c2coc(CN3CCN(Cc4ccc(F)cc4F)CC3)n2)CC1. The maximum absolute atomic E-state index is 13.9. The molecule has 6 nitrogen and oxygen atoms in total. The topological polar surface area (TPSA) is 52.8 Å². The Kier molecular flexibility index (Phi) is 6.43. The molecule has 0 unspecified atom stereocenters. The van der Waals surface area contributed by atoms with Gasteiger partial charge in [-0.2, -0.15) is 0 Å². The summed E-state index contributed by atoms with van der Waals surface area (Å²) in [7, 11) is 0. The van der Waals surface area contributed by atoms with Crippen LogP contribution in [0.25, 0.3) is 0 Å². The minimum Gasteiger partial charge on any atom is -0.447 e. The molecule has 2 aromatic rings. The zero-order chi connectivity index (χ0) is 21.1. The molecule has 30 heavy (non-hydrogen) atoms. The van der Waals surface area contributed by atoms with Crippen molar-refractivity contribution in [2.24, 2.45) is 5.92 Å². The molecule has 1 aromatic heterocycles. The van der Waals surface area contributed by atoms with Gasteiger partial charge in [0.05, 0.1) is 6.54 Å². The van der Waals surface area contributed by atoms with Crippen LogP contribution >= 0.6 is 0 Å². The summed E-state index contributed by atoms with van der Waals surface area (Å²) in [5.74, 6) is 0.0993. The fourth-order valence-electron chi connectivity index (χ4n) is 4.04. The molecule has 0 bridgehead atoms. The van der Waals surface area contributed by atoms with E-state index in [-0.39, 0.29) is 5.91 Å². The Morgan fingerprint density at radius 3 is 2.40 bits per heavy atom. The van der Waals surface area contributed by atoms with Gasteiger partial charge in [0, 0.05) is 57.4 Å². The van der Waals surface area contributed by atoms with Crippen LogP contribution in [0, 0.1) is 17.6 Å². The summed E-state index contributed by atoms with van der Waals surface area (Å²) in [6, 6.07) is 3.73. The predicted octanol–water partition coefficient (Wildman–Crippen LogP) is 3.14. The molecule has 0 atom stereocenters. The van der Waals surface area contributed by atoms with Crippen LogP contribution < -0.4 is 0 Å². The van der Waals surface area contributed by atoms with Crippen LogP contribution in [-0.2, 0) is 13.1 Å². The lowest BCUT2D eigenvalue weighted by molar-refractivity contribution is 0.0691. The number of rotatable bonds is 5. The Morgan fingerprint density at radius 2 is 1.73 bits per heavy atom. The lowest BCUT2D eigenvalue weighted by Gasteiger charge is -2.34. The first-order chi connectivity index (χ1) is 14.5. The summed E-state index contributed by atoms with van der Waals surface area (Å²) in [4.78, 5) is 23.2. The third-order valence-corrected chi connectivity index (χ3v) is 6.07. The molecule has 4 rings (SSSR count). The minimum atomic E-state index is -0.556. The number of hydrogen-bond acceptors (Lipinski definition) is 5. The van der Waals surface area contributed by atoms with Gasteiger partial charge in [0.2, 0.25) is 5.89 Å². The highest BCUT2D eigenvalue weighted by atomic mass is 19.1. The van der Waals surface area contributed by atoms with E-state index >= 15 is 0 Å². The van der Waals surface area contributed by atoms with Crippen LogP contribution in [0.4, 0.5) is 8.78 Å². The van der Waals surface area contributed by atoms with Gasteiger partial charge in [-0.3, -0.25) is 14.6 Å². The fourth-order valence-corrected chi connectivity index (χ4v) is 4.04. The number of aromatic nitrogens is 1. The zero-order valence-corrected chi connectivity index (χ0v) is 17.3. The molecule has 0 N–H and O–H groups in total.